The summed E-state index contributed by atoms with van der Waals surface area (Å²) >= 11 is 3.12. The van der Waals surface area contributed by atoms with Gasteiger partial charge in [-0.1, -0.05) is 28.8 Å². The van der Waals surface area contributed by atoms with Gasteiger partial charge in [0.15, 0.2) is 18.2 Å². The number of hydrogen-bond donors (Lipinski definition) is 2. The fourth-order valence-corrected chi connectivity index (χ4v) is 2.74. The number of halogens is 2. The zero-order valence-electron chi connectivity index (χ0n) is 11.2. The number of carboxylic acids is 1. The normalized spacial score (nSPS) is 16.5. The Hall–Kier alpha value is -1.63. The second kappa shape index (κ2) is 6.43. The largest absolute Gasteiger partial charge is 0.481 e. The van der Waals surface area contributed by atoms with Gasteiger partial charge in [0, 0.05) is 4.47 Å². The van der Waals surface area contributed by atoms with Crippen LogP contribution in [-0.4, -0.2) is 29.1 Å². The average Bonchev–Trinajstić information content (AvgIpc) is 2.87. The van der Waals surface area contributed by atoms with Crippen molar-refractivity contribution in [2.45, 2.75) is 31.2 Å². The van der Waals surface area contributed by atoms with Crippen LogP contribution in [0.1, 0.15) is 25.7 Å². The molecule has 0 aliphatic heterocycles. The summed E-state index contributed by atoms with van der Waals surface area (Å²) in [6, 6.07) is 4.21. The summed E-state index contributed by atoms with van der Waals surface area (Å²) in [5, 5.41) is 11.7. The predicted octanol–water partition coefficient (Wildman–Crippen LogP) is 2.48. The fraction of sp³-hybridized carbons (Fsp3) is 0.429. The van der Waals surface area contributed by atoms with Crippen LogP contribution >= 0.6 is 15.9 Å². The first kappa shape index (κ1) is 15.8. The minimum Gasteiger partial charge on any atom is -0.481 e. The lowest BCUT2D eigenvalue weighted by atomic mass is 9.98. The van der Waals surface area contributed by atoms with Crippen LogP contribution in [0.2, 0.25) is 0 Å². The molecule has 1 aliphatic carbocycles. The van der Waals surface area contributed by atoms with Crippen molar-refractivity contribution in [1.82, 2.24) is 5.32 Å². The third-order valence-corrected chi connectivity index (χ3v) is 3.99. The molecular formula is C14H15BrFNO4. The van der Waals surface area contributed by atoms with Gasteiger partial charge >= 0.3 is 5.97 Å². The van der Waals surface area contributed by atoms with Gasteiger partial charge in [-0.25, -0.2) is 9.18 Å². The van der Waals surface area contributed by atoms with Crippen LogP contribution in [-0.2, 0) is 9.59 Å². The van der Waals surface area contributed by atoms with E-state index in [4.69, 9.17) is 4.74 Å². The molecule has 114 valence electrons. The highest BCUT2D eigenvalue weighted by Gasteiger charge is 2.42. The third kappa shape index (κ3) is 3.72. The Bertz CT molecular complexity index is 558. The van der Waals surface area contributed by atoms with Crippen molar-refractivity contribution < 1.29 is 23.8 Å². The van der Waals surface area contributed by atoms with E-state index in [1.807, 2.05) is 0 Å². The molecule has 0 aromatic heterocycles. The second-order valence-electron chi connectivity index (χ2n) is 5.01. The monoisotopic (exact) mass is 359 g/mol. The fourth-order valence-electron chi connectivity index (χ4n) is 2.41. The zero-order valence-corrected chi connectivity index (χ0v) is 12.8. The van der Waals surface area contributed by atoms with Crippen molar-refractivity contribution >= 4 is 27.8 Å². The number of nitrogens with one attached hydrogen (secondary N) is 1. The predicted molar refractivity (Wildman–Crippen MR) is 76.6 cm³/mol. The molecule has 1 amide bonds. The van der Waals surface area contributed by atoms with Crippen LogP contribution in [0.15, 0.2) is 22.7 Å². The number of amides is 1. The van der Waals surface area contributed by atoms with Gasteiger partial charge in [-0.3, -0.25) is 4.79 Å². The molecule has 1 fully saturated rings. The first-order chi connectivity index (χ1) is 9.93. The summed E-state index contributed by atoms with van der Waals surface area (Å²) in [4.78, 5) is 23.1. The number of aliphatic carboxylic acids is 1. The van der Waals surface area contributed by atoms with E-state index in [0.29, 0.717) is 17.3 Å². The van der Waals surface area contributed by atoms with E-state index in [1.54, 1.807) is 6.07 Å². The van der Waals surface area contributed by atoms with Crippen molar-refractivity contribution in [3.63, 3.8) is 0 Å². The lowest BCUT2D eigenvalue weighted by molar-refractivity contribution is -0.147. The SMILES string of the molecule is O=C(COc1ccc(Br)cc1F)NC1(C(=O)O)CCCC1. The van der Waals surface area contributed by atoms with Gasteiger partial charge in [-0.05, 0) is 31.0 Å². The van der Waals surface area contributed by atoms with E-state index in [0.717, 1.165) is 12.8 Å². The first-order valence-corrected chi connectivity index (χ1v) is 7.34. The quantitative estimate of drug-likeness (QED) is 0.846. The minimum absolute atomic E-state index is 0.0517. The number of carboxylic acid groups (broad SMARTS) is 1. The number of ether oxygens (including phenoxy) is 1. The molecule has 21 heavy (non-hydrogen) atoms. The van der Waals surface area contributed by atoms with Crippen molar-refractivity contribution in [2.24, 2.45) is 0 Å². The Morgan fingerprint density at radius 3 is 2.62 bits per heavy atom. The van der Waals surface area contributed by atoms with Gasteiger partial charge in [-0.2, -0.15) is 0 Å². The maximum Gasteiger partial charge on any atom is 0.329 e. The first-order valence-electron chi connectivity index (χ1n) is 6.55. The summed E-state index contributed by atoms with van der Waals surface area (Å²) in [6.07, 6.45) is 2.32. The van der Waals surface area contributed by atoms with Crippen molar-refractivity contribution in [2.75, 3.05) is 6.61 Å². The molecule has 1 aromatic rings. The van der Waals surface area contributed by atoms with E-state index >= 15 is 0 Å². The number of rotatable bonds is 5. The van der Waals surface area contributed by atoms with Gasteiger partial charge in [0.1, 0.15) is 5.54 Å². The van der Waals surface area contributed by atoms with Gasteiger partial charge < -0.3 is 15.2 Å². The van der Waals surface area contributed by atoms with E-state index in [-0.39, 0.29) is 5.75 Å². The summed E-state index contributed by atoms with van der Waals surface area (Å²) < 4.78 is 19.2. The standard InChI is InChI=1S/C14H15BrFNO4/c15-9-3-4-11(10(16)7-9)21-8-12(18)17-14(13(19)20)5-1-2-6-14/h3-4,7H,1-2,5-6,8H2,(H,17,18)(H,19,20). The topological polar surface area (TPSA) is 75.6 Å². The minimum atomic E-state index is -1.21. The van der Waals surface area contributed by atoms with Gasteiger partial charge in [0.2, 0.25) is 0 Å². The molecule has 1 saturated carbocycles. The van der Waals surface area contributed by atoms with Crippen molar-refractivity contribution in [1.29, 1.82) is 0 Å². The Morgan fingerprint density at radius 2 is 2.05 bits per heavy atom. The molecule has 0 spiro atoms. The number of hydrogen-bond acceptors (Lipinski definition) is 3. The van der Waals surface area contributed by atoms with Crippen molar-refractivity contribution in [3.8, 4) is 5.75 Å². The Labute approximate surface area is 129 Å². The van der Waals surface area contributed by atoms with E-state index in [1.165, 1.54) is 12.1 Å². The molecule has 7 heteroatoms. The third-order valence-electron chi connectivity index (χ3n) is 3.50. The molecule has 0 heterocycles. The molecule has 1 aliphatic rings. The molecule has 0 unspecified atom stereocenters. The molecule has 2 rings (SSSR count). The van der Waals surface area contributed by atoms with Crippen LogP contribution in [0.25, 0.3) is 0 Å². The molecule has 5 nitrogen and oxygen atoms in total. The molecule has 1 aromatic carbocycles. The number of carbonyl (C=O) groups excluding carboxylic acids is 1. The van der Waals surface area contributed by atoms with Crippen LogP contribution in [0, 0.1) is 5.82 Å². The van der Waals surface area contributed by atoms with Crippen LogP contribution in [0.3, 0.4) is 0 Å². The van der Waals surface area contributed by atoms with E-state index in [9.17, 15) is 19.1 Å². The molecular weight excluding hydrogens is 345 g/mol. The lowest BCUT2D eigenvalue weighted by Gasteiger charge is -2.25. The Morgan fingerprint density at radius 1 is 1.38 bits per heavy atom. The zero-order chi connectivity index (χ0) is 15.5. The molecule has 2 N–H and O–H groups in total. The van der Waals surface area contributed by atoms with Crippen LogP contribution in [0.4, 0.5) is 4.39 Å². The smallest absolute Gasteiger partial charge is 0.329 e. The Kier molecular flexibility index (Phi) is 4.82. The summed E-state index contributed by atoms with van der Waals surface area (Å²) in [5.74, 6) is -2.25. The molecule has 0 bridgehead atoms. The molecule has 0 saturated heterocycles. The van der Waals surface area contributed by atoms with Gasteiger partial charge in [-0.15, -0.1) is 0 Å². The van der Waals surface area contributed by atoms with Crippen LogP contribution < -0.4 is 10.1 Å². The maximum atomic E-state index is 13.5. The summed E-state index contributed by atoms with van der Waals surface area (Å²) in [7, 11) is 0. The lowest BCUT2D eigenvalue weighted by Crippen LogP contribution is -2.53. The van der Waals surface area contributed by atoms with E-state index in [2.05, 4.69) is 21.2 Å². The highest BCUT2D eigenvalue weighted by Crippen LogP contribution is 2.30. The highest BCUT2D eigenvalue weighted by atomic mass is 79.9. The number of benzene rings is 1. The van der Waals surface area contributed by atoms with E-state index < -0.39 is 29.8 Å². The van der Waals surface area contributed by atoms with Gasteiger partial charge in [0.05, 0.1) is 0 Å². The molecule has 0 radical (unpaired) electrons. The average molecular weight is 360 g/mol. The summed E-state index contributed by atoms with van der Waals surface area (Å²) in [6.45, 7) is -0.423. The highest BCUT2D eigenvalue weighted by molar-refractivity contribution is 9.10. The molecule has 0 atom stereocenters. The second-order valence-corrected chi connectivity index (χ2v) is 5.92. The number of carbonyl (C=O) groups is 2. The van der Waals surface area contributed by atoms with Crippen LogP contribution in [0.5, 0.6) is 5.75 Å². The Balaban J connectivity index is 1.94. The maximum absolute atomic E-state index is 13.5. The summed E-state index contributed by atoms with van der Waals surface area (Å²) in [5.41, 5.74) is -1.21. The van der Waals surface area contributed by atoms with Crippen molar-refractivity contribution in [3.05, 3.63) is 28.5 Å². The van der Waals surface area contributed by atoms with Gasteiger partial charge in [0.25, 0.3) is 5.91 Å².